The number of alkyl halides is 3. The van der Waals surface area contributed by atoms with Crippen molar-refractivity contribution in [2.24, 2.45) is 0 Å². The highest BCUT2D eigenvalue weighted by atomic mass is 32.2. The fraction of sp³-hybridized carbons (Fsp3) is 0.500. The summed E-state index contributed by atoms with van der Waals surface area (Å²) in [5.74, 6) is 0.0796. The Hall–Kier alpha value is -1.90. The highest BCUT2D eigenvalue weighted by molar-refractivity contribution is 8.00. The highest BCUT2D eigenvalue weighted by Crippen LogP contribution is 2.35. The SMILES string of the molecule is CCN(CC)c1ccc(C(F)(F)F)cc1NC(=O)CN1CSCC1=O. The number of nitrogens with one attached hydrogen (secondary N) is 1. The van der Waals surface area contributed by atoms with Crippen molar-refractivity contribution in [3.8, 4) is 0 Å². The third-order valence-corrected chi connectivity index (χ3v) is 4.81. The van der Waals surface area contributed by atoms with Crippen molar-refractivity contribution in [3.63, 3.8) is 0 Å². The van der Waals surface area contributed by atoms with Crippen LogP contribution in [0.15, 0.2) is 18.2 Å². The number of halogens is 3. The minimum atomic E-state index is -4.50. The van der Waals surface area contributed by atoms with Crippen LogP contribution in [0, 0.1) is 0 Å². The fourth-order valence-corrected chi connectivity index (χ4v) is 3.46. The third-order valence-electron chi connectivity index (χ3n) is 3.86. The van der Waals surface area contributed by atoms with E-state index in [-0.39, 0.29) is 18.1 Å². The first-order valence-corrected chi connectivity index (χ1v) is 9.03. The molecule has 0 spiro atoms. The zero-order chi connectivity index (χ0) is 18.6. The normalized spacial score (nSPS) is 14.8. The first-order valence-electron chi connectivity index (χ1n) is 7.87. The van der Waals surface area contributed by atoms with Gasteiger partial charge in [-0.2, -0.15) is 13.2 Å². The molecule has 0 aromatic heterocycles. The van der Waals surface area contributed by atoms with E-state index in [0.29, 0.717) is 30.4 Å². The van der Waals surface area contributed by atoms with Crippen molar-refractivity contribution < 1.29 is 22.8 Å². The number of hydrogen-bond donors (Lipinski definition) is 1. The van der Waals surface area contributed by atoms with E-state index in [1.807, 2.05) is 18.7 Å². The summed E-state index contributed by atoms with van der Waals surface area (Å²) in [7, 11) is 0. The Morgan fingerprint density at radius 1 is 1.32 bits per heavy atom. The second-order valence-electron chi connectivity index (χ2n) is 5.52. The molecule has 0 aliphatic carbocycles. The summed E-state index contributed by atoms with van der Waals surface area (Å²) in [5, 5.41) is 2.54. The van der Waals surface area contributed by atoms with E-state index < -0.39 is 17.6 Å². The summed E-state index contributed by atoms with van der Waals surface area (Å²) >= 11 is 1.40. The monoisotopic (exact) mass is 375 g/mol. The van der Waals surface area contributed by atoms with E-state index in [2.05, 4.69) is 5.32 Å². The Morgan fingerprint density at radius 2 is 2.00 bits per heavy atom. The molecule has 1 aromatic carbocycles. The molecular weight excluding hydrogens is 355 g/mol. The molecule has 1 fully saturated rings. The summed E-state index contributed by atoms with van der Waals surface area (Å²) in [6, 6.07) is 3.30. The van der Waals surface area contributed by atoms with Crippen molar-refractivity contribution in [3.05, 3.63) is 23.8 Å². The molecule has 0 radical (unpaired) electrons. The van der Waals surface area contributed by atoms with Crippen LogP contribution in [-0.2, 0) is 15.8 Å². The predicted molar refractivity (Wildman–Crippen MR) is 92.7 cm³/mol. The van der Waals surface area contributed by atoms with Gasteiger partial charge in [0.15, 0.2) is 0 Å². The molecule has 2 rings (SSSR count). The Morgan fingerprint density at radius 3 is 2.52 bits per heavy atom. The highest BCUT2D eigenvalue weighted by Gasteiger charge is 2.32. The van der Waals surface area contributed by atoms with Crippen molar-refractivity contribution >= 4 is 35.0 Å². The lowest BCUT2D eigenvalue weighted by molar-refractivity contribution is -0.137. The Labute approximate surface area is 148 Å². The summed E-state index contributed by atoms with van der Waals surface area (Å²) < 4.78 is 39.0. The number of hydrogen-bond acceptors (Lipinski definition) is 4. The molecule has 138 valence electrons. The zero-order valence-electron chi connectivity index (χ0n) is 14.0. The number of anilines is 2. The van der Waals surface area contributed by atoms with Crippen molar-refractivity contribution in [2.75, 3.05) is 41.5 Å². The average Bonchev–Trinajstić information content (AvgIpc) is 2.93. The smallest absolute Gasteiger partial charge is 0.370 e. The maximum Gasteiger partial charge on any atom is 0.416 e. The maximum absolute atomic E-state index is 13.0. The minimum absolute atomic E-state index is 0.0998. The fourth-order valence-electron chi connectivity index (χ4n) is 2.56. The van der Waals surface area contributed by atoms with E-state index in [0.717, 1.165) is 12.1 Å². The van der Waals surface area contributed by atoms with Crippen LogP contribution in [0.25, 0.3) is 0 Å². The summed E-state index contributed by atoms with van der Waals surface area (Å²) in [6.07, 6.45) is -4.50. The molecule has 0 bridgehead atoms. The van der Waals surface area contributed by atoms with E-state index in [1.54, 1.807) is 0 Å². The maximum atomic E-state index is 13.0. The van der Waals surface area contributed by atoms with Gasteiger partial charge >= 0.3 is 6.18 Å². The second kappa shape index (κ2) is 7.99. The number of carbonyl (C=O) groups excluding carboxylic acids is 2. The first-order chi connectivity index (χ1) is 11.8. The van der Waals surface area contributed by atoms with Gasteiger partial charge in [-0.3, -0.25) is 9.59 Å². The number of thioether (sulfide) groups is 1. The zero-order valence-corrected chi connectivity index (χ0v) is 14.8. The lowest BCUT2D eigenvalue weighted by atomic mass is 10.1. The van der Waals surface area contributed by atoms with Gasteiger partial charge < -0.3 is 15.1 Å². The van der Waals surface area contributed by atoms with E-state index >= 15 is 0 Å². The lowest BCUT2D eigenvalue weighted by Crippen LogP contribution is -2.35. The van der Waals surface area contributed by atoms with Crippen LogP contribution in [0.3, 0.4) is 0 Å². The number of amides is 2. The van der Waals surface area contributed by atoms with Crippen molar-refractivity contribution in [2.45, 2.75) is 20.0 Å². The van der Waals surface area contributed by atoms with Crippen LogP contribution in [0.1, 0.15) is 19.4 Å². The molecule has 9 heteroatoms. The van der Waals surface area contributed by atoms with E-state index in [9.17, 15) is 22.8 Å². The molecule has 1 aromatic rings. The summed E-state index contributed by atoms with van der Waals surface area (Å²) in [5.41, 5.74) is -0.206. The van der Waals surface area contributed by atoms with Gasteiger partial charge in [-0.25, -0.2) is 0 Å². The average molecular weight is 375 g/mol. The van der Waals surface area contributed by atoms with Gasteiger partial charge in [-0.05, 0) is 32.0 Å². The van der Waals surface area contributed by atoms with Gasteiger partial charge in [0.25, 0.3) is 0 Å². The largest absolute Gasteiger partial charge is 0.416 e. The molecule has 0 saturated carbocycles. The number of benzene rings is 1. The van der Waals surface area contributed by atoms with Gasteiger partial charge in [0, 0.05) is 13.1 Å². The molecule has 1 N–H and O–H groups in total. The van der Waals surface area contributed by atoms with Crippen LogP contribution in [-0.4, -0.2) is 48.0 Å². The van der Waals surface area contributed by atoms with Crippen LogP contribution in [0.5, 0.6) is 0 Å². The molecule has 0 atom stereocenters. The number of nitrogens with zero attached hydrogens (tertiary/aromatic N) is 2. The van der Waals surface area contributed by atoms with Gasteiger partial charge in [-0.15, -0.1) is 11.8 Å². The van der Waals surface area contributed by atoms with Crippen LogP contribution in [0.4, 0.5) is 24.5 Å². The summed E-state index contributed by atoms with van der Waals surface area (Å²) in [4.78, 5) is 27.0. The van der Waals surface area contributed by atoms with E-state index in [4.69, 9.17) is 0 Å². The minimum Gasteiger partial charge on any atom is -0.370 e. The van der Waals surface area contributed by atoms with Crippen LogP contribution >= 0.6 is 11.8 Å². The van der Waals surface area contributed by atoms with Gasteiger partial charge in [-0.1, -0.05) is 0 Å². The number of rotatable bonds is 6. The van der Waals surface area contributed by atoms with E-state index in [1.165, 1.54) is 22.7 Å². The molecule has 1 heterocycles. The predicted octanol–water partition coefficient (Wildman–Crippen LogP) is 3.02. The molecule has 1 aliphatic rings. The molecule has 5 nitrogen and oxygen atoms in total. The van der Waals surface area contributed by atoms with Crippen molar-refractivity contribution in [1.82, 2.24) is 4.90 Å². The van der Waals surface area contributed by atoms with Gasteiger partial charge in [0.05, 0.1) is 28.6 Å². The molecule has 2 amide bonds. The van der Waals surface area contributed by atoms with Gasteiger partial charge in [0.1, 0.15) is 6.54 Å². The Kier molecular flexibility index (Phi) is 6.21. The first kappa shape index (κ1) is 19.4. The Bertz CT molecular complexity index is 648. The molecule has 1 aliphatic heterocycles. The van der Waals surface area contributed by atoms with Crippen molar-refractivity contribution in [1.29, 1.82) is 0 Å². The summed E-state index contributed by atoms with van der Waals surface area (Å²) in [6.45, 7) is 4.78. The number of carbonyl (C=O) groups is 2. The lowest BCUT2D eigenvalue weighted by Gasteiger charge is -2.25. The van der Waals surface area contributed by atoms with Crippen LogP contribution < -0.4 is 10.2 Å². The van der Waals surface area contributed by atoms with Gasteiger partial charge in [0.2, 0.25) is 11.8 Å². The quantitative estimate of drug-likeness (QED) is 0.831. The topological polar surface area (TPSA) is 52.7 Å². The standard InChI is InChI=1S/C16H20F3N3O2S/c1-3-21(4-2)13-6-5-11(16(17,18)19)7-12(13)20-14(23)8-22-10-25-9-15(22)24/h5-7H,3-4,8-10H2,1-2H3,(H,20,23). The van der Waals surface area contributed by atoms with Crippen LogP contribution in [0.2, 0.25) is 0 Å². The molecular formula is C16H20F3N3O2S. The molecule has 1 saturated heterocycles. The second-order valence-corrected chi connectivity index (χ2v) is 6.47. The molecule has 0 unspecified atom stereocenters. The third kappa shape index (κ3) is 4.81. The Balaban J connectivity index is 2.25. The molecule has 25 heavy (non-hydrogen) atoms.